The molecule has 0 amide bonds. The van der Waals surface area contributed by atoms with Crippen molar-refractivity contribution < 1.29 is 26.2 Å². The van der Waals surface area contributed by atoms with E-state index in [0.717, 1.165) is 17.8 Å². The van der Waals surface area contributed by atoms with E-state index in [0.29, 0.717) is 0 Å². The van der Waals surface area contributed by atoms with Gasteiger partial charge >= 0.3 is 0 Å². The molecule has 0 aliphatic carbocycles. The predicted octanol–water partition coefficient (Wildman–Crippen LogP) is -2.95. The smallest absolute Gasteiger partial charge is 0.183 e. The highest BCUT2D eigenvalue weighted by Crippen LogP contribution is 2.03. The number of likely N-dealkylation sites (N-methyl/N-ethyl adjacent to an activating group) is 1. The van der Waals surface area contributed by atoms with Crippen molar-refractivity contribution in [2.75, 3.05) is 34.0 Å². The number of hydrogen-bond donors (Lipinski definition) is 0. The van der Waals surface area contributed by atoms with Crippen LogP contribution in [0.25, 0.3) is 0 Å². The molecule has 0 radical (unpaired) electrons. The van der Waals surface area contributed by atoms with Crippen molar-refractivity contribution in [3.63, 3.8) is 0 Å². The molecular weight excluding hydrogens is 170 g/mol. The van der Waals surface area contributed by atoms with Crippen LogP contribution < -0.4 is 17.0 Å². The first kappa shape index (κ1) is 8.40. The average molecular weight is 182 g/mol. The van der Waals surface area contributed by atoms with Crippen LogP contribution in [0.15, 0.2) is 0 Å². The van der Waals surface area contributed by atoms with Crippen LogP contribution in [0.4, 0.5) is 0 Å². The van der Waals surface area contributed by atoms with E-state index in [9.17, 15) is 0 Å². The Bertz CT molecular complexity index is 66.8. The minimum atomic E-state index is 0. The molecule has 1 aliphatic rings. The van der Waals surface area contributed by atoms with Gasteiger partial charge in [0.15, 0.2) is 6.73 Å². The van der Waals surface area contributed by atoms with Gasteiger partial charge < -0.3 is 26.2 Å². The zero-order valence-corrected chi connectivity index (χ0v) is 6.94. The van der Waals surface area contributed by atoms with Gasteiger partial charge in [-0.2, -0.15) is 0 Å². The van der Waals surface area contributed by atoms with Crippen LogP contribution in [0, 0.1) is 0 Å². The highest BCUT2D eigenvalue weighted by Gasteiger charge is 2.20. The Morgan fingerprint density at radius 1 is 1.38 bits per heavy atom. The van der Waals surface area contributed by atoms with Crippen LogP contribution in [-0.2, 0) is 4.74 Å². The fourth-order valence-corrected chi connectivity index (χ4v) is 0.688. The maximum atomic E-state index is 5.13. The highest BCUT2D eigenvalue weighted by molar-refractivity contribution is 4.33. The van der Waals surface area contributed by atoms with Gasteiger partial charge in [0.05, 0.1) is 14.1 Å². The molecule has 0 unspecified atom stereocenters. The monoisotopic (exact) mass is 181 g/mol. The lowest BCUT2D eigenvalue weighted by atomic mass is 10.6. The molecule has 3 heteroatoms. The van der Waals surface area contributed by atoms with E-state index < -0.39 is 0 Å². The molecule has 2 nitrogen and oxygen atoms in total. The van der Waals surface area contributed by atoms with Gasteiger partial charge in [0, 0.05) is 0 Å². The van der Waals surface area contributed by atoms with E-state index in [1.807, 2.05) is 0 Å². The normalized spacial score (nSPS) is 24.8. The number of halogens is 1. The third-order valence-electron chi connectivity index (χ3n) is 1.28. The number of hydrogen-bond acceptors (Lipinski definition) is 1. The second-order valence-corrected chi connectivity index (χ2v) is 2.70. The minimum Gasteiger partial charge on any atom is -1.00 e. The van der Waals surface area contributed by atoms with Crippen LogP contribution >= 0.6 is 0 Å². The van der Waals surface area contributed by atoms with E-state index in [4.69, 9.17) is 4.74 Å². The van der Waals surface area contributed by atoms with Gasteiger partial charge in [0.2, 0.25) is 0 Å². The van der Waals surface area contributed by atoms with Crippen molar-refractivity contribution in [3.8, 4) is 0 Å². The Hall–Kier alpha value is 0.400. The number of nitrogens with zero attached hydrogens (tertiary/aromatic N) is 1. The summed E-state index contributed by atoms with van der Waals surface area (Å²) in [5.41, 5.74) is 0. The summed E-state index contributed by atoms with van der Waals surface area (Å²) in [7, 11) is 4.35. The van der Waals surface area contributed by atoms with Crippen LogP contribution in [0.5, 0.6) is 0 Å². The first-order valence-corrected chi connectivity index (χ1v) is 2.60. The van der Waals surface area contributed by atoms with Crippen LogP contribution in [0.1, 0.15) is 0 Å². The van der Waals surface area contributed by atoms with Gasteiger partial charge in [-0.15, -0.1) is 0 Å². The van der Waals surface area contributed by atoms with Gasteiger partial charge in [-0.3, -0.25) is 0 Å². The Kier molecular flexibility index (Phi) is 2.94. The summed E-state index contributed by atoms with van der Waals surface area (Å²) >= 11 is 0. The third kappa shape index (κ3) is 2.11. The second-order valence-electron chi connectivity index (χ2n) is 2.70. The molecular formula is C5H12BrNO. The molecule has 0 spiro atoms. The van der Waals surface area contributed by atoms with Gasteiger partial charge in [0.25, 0.3) is 0 Å². The Morgan fingerprint density at radius 3 is 2.12 bits per heavy atom. The summed E-state index contributed by atoms with van der Waals surface area (Å²) in [6, 6.07) is 0. The molecule has 1 aliphatic heterocycles. The standard InChI is InChI=1S/C5H12NO.BrH/c1-6(2)3-4-7-5-6;/h3-5H2,1-2H3;1H/q+1;/p-1. The molecule has 0 N–H and O–H groups in total. The lowest BCUT2D eigenvalue weighted by molar-refractivity contribution is -0.887. The zero-order chi connectivity index (χ0) is 5.33. The molecule has 1 heterocycles. The molecule has 0 aromatic heterocycles. The summed E-state index contributed by atoms with van der Waals surface area (Å²) < 4.78 is 6.16. The molecule has 1 rings (SSSR count). The maximum absolute atomic E-state index is 5.13. The number of quaternary nitrogens is 1. The lowest BCUT2D eigenvalue weighted by Crippen LogP contribution is -3.00. The van der Waals surface area contributed by atoms with Gasteiger partial charge in [0.1, 0.15) is 13.2 Å². The number of ether oxygens (including phenoxy) is 1. The summed E-state index contributed by atoms with van der Waals surface area (Å²) in [6.07, 6.45) is 0. The van der Waals surface area contributed by atoms with Crippen molar-refractivity contribution in [2.45, 2.75) is 0 Å². The molecule has 0 aromatic carbocycles. The van der Waals surface area contributed by atoms with Gasteiger partial charge in [-0.1, -0.05) is 0 Å². The first-order valence-electron chi connectivity index (χ1n) is 2.60. The van der Waals surface area contributed by atoms with Crippen LogP contribution in [-0.4, -0.2) is 38.5 Å². The lowest BCUT2D eigenvalue weighted by Gasteiger charge is -2.19. The van der Waals surface area contributed by atoms with E-state index in [1.54, 1.807) is 0 Å². The highest BCUT2D eigenvalue weighted by atomic mass is 79.9. The van der Waals surface area contributed by atoms with E-state index in [-0.39, 0.29) is 17.0 Å². The summed E-state index contributed by atoms with van der Waals surface area (Å²) in [6.45, 7) is 2.99. The SMILES string of the molecule is C[N+]1(C)CCOC1.[Br-]. The topological polar surface area (TPSA) is 9.23 Å². The quantitative estimate of drug-likeness (QED) is 0.364. The zero-order valence-electron chi connectivity index (χ0n) is 5.35. The fraction of sp³-hybridized carbons (Fsp3) is 1.00. The first-order chi connectivity index (χ1) is 3.21. The van der Waals surface area contributed by atoms with Crippen molar-refractivity contribution >= 4 is 0 Å². The summed E-state index contributed by atoms with van der Waals surface area (Å²) in [5.74, 6) is 0. The number of rotatable bonds is 0. The van der Waals surface area contributed by atoms with Crippen molar-refractivity contribution in [1.82, 2.24) is 0 Å². The van der Waals surface area contributed by atoms with Gasteiger partial charge in [-0.05, 0) is 0 Å². The van der Waals surface area contributed by atoms with E-state index in [1.165, 1.54) is 6.54 Å². The van der Waals surface area contributed by atoms with Crippen LogP contribution in [0.2, 0.25) is 0 Å². The molecule has 0 saturated carbocycles. The fourth-order valence-electron chi connectivity index (χ4n) is 0.688. The predicted molar refractivity (Wildman–Crippen MR) is 27.8 cm³/mol. The van der Waals surface area contributed by atoms with E-state index >= 15 is 0 Å². The molecule has 1 saturated heterocycles. The largest absolute Gasteiger partial charge is 1.00 e. The van der Waals surface area contributed by atoms with Crippen molar-refractivity contribution in [1.29, 1.82) is 0 Å². The van der Waals surface area contributed by atoms with Crippen LogP contribution in [0.3, 0.4) is 0 Å². The summed E-state index contributed by atoms with van der Waals surface area (Å²) in [4.78, 5) is 0. The molecule has 0 atom stereocenters. The molecule has 8 heavy (non-hydrogen) atoms. The molecule has 0 aromatic rings. The van der Waals surface area contributed by atoms with Gasteiger partial charge in [-0.25, -0.2) is 0 Å². The second kappa shape index (κ2) is 2.80. The third-order valence-corrected chi connectivity index (χ3v) is 1.28. The van der Waals surface area contributed by atoms with E-state index in [2.05, 4.69) is 14.1 Å². The molecule has 0 bridgehead atoms. The molecule has 1 fully saturated rings. The average Bonchev–Trinajstić information content (AvgIpc) is 1.84. The Balaban J connectivity index is 0.000000490. The van der Waals surface area contributed by atoms with Crippen molar-refractivity contribution in [3.05, 3.63) is 0 Å². The Morgan fingerprint density at radius 2 is 2.00 bits per heavy atom. The minimum absolute atomic E-state index is 0. The summed E-state index contributed by atoms with van der Waals surface area (Å²) in [5, 5.41) is 0. The van der Waals surface area contributed by atoms with Crippen molar-refractivity contribution in [2.24, 2.45) is 0 Å². The Labute approximate surface area is 60.8 Å². The molecule has 50 valence electrons. The maximum Gasteiger partial charge on any atom is 0.183 e.